The van der Waals surface area contributed by atoms with E-state index in [9.17, 15) is 0 Å². The molecular weight excluding hydrogens is 367 g/mol. The quantitative estimate of drug-likeness (QED) is 0.362. The van der Waals surface area contributed by atoms with Crippen LogP contribution in [0.2, 0.25) is 0 Å². The molecule has 24 heavy (non-hydrogen) atoms. The van der Waals surface area contributed by atoms with Gasteiger partial charge in [0.15, 0.2) is 0 Å². The van der Waals surface area contributed by atoms with Gasteiger partial charge in [-0.15, -0.1) is 17.7 Å². The van der Waals surface area contributed by atoms with Crippen LogP contribution in [0.3, 0.4) is 0 Å². The molecule has 0 radical (unpaired) electrons. The van der Waals surface area contributed by atoms with Gasteiger partial charge in [0.2, 0.25) is 0 Å². The zero-order chi connectivity index (χ0) is 16.8. The average molecular weight is 402 g/mol. The van der Waals surface area contributed by atoms with Gasteiger partial charge in [-0.05, 0) is 0 Å². The van der Waals surface area contributed by atoms with Crippen LogP contribution in [0.5, 0.6) is 0 Å². The summed E-state index contributed by atoms with van der Waals surface area (Å²) in [4.78, 5) is 0. The third-order valence-corrected chi connectivity index (χ3v) is 4.24. The van der Waals surface area contributed by atoms with E-state index in [1.54, 1.807) is 0 Å². The minimum absolute atomic E-state index is 0. The number of hydrogen-bond acceptors (Lipinski definition) is 0. The monoisotopic (exact) mass is 400 g/mol. The molecule has 128 valence electrons. The summed E-state index contributed by atoms with van der Waals surface area (Å²) in [5, 5.41) is 0. The second-order valence-electron chi connectivity index (χ2n) is 6.54. The first-order valence-corrected chi connectivity index (χ1v) is 9.37. The Morgan fingerprint density at radius 2 is 1.25 bits per heavy atom. The first-order chi connectivity index (χ1) is 11.2. The van der Waals surface area contributed by atoms with Crippen molar-refractivity contribution in [1.82, 2.24) is 0 Å². The first kappa shape index (κ1) is 23.6. The number of benzene rings is 1. The van der Waals surface area contributed by atoms with Crippen molar-refractivity contribution in [2.24, 2.45) is 0 Å². The van der Waals surface area contributed by atoms with Crippen molar-refractivity contribution in [3.05, 3.63) is 61.0 Å². The Morgan fingerprint density at radius 3 is 1.54 bits per heavy atom. The van der Waals surface area contributed by atoms with Gasteiger partial charge in [0.25, 0.3) is 0 Å². The van der Waals surface area contributed by atoms with Gasteiger partial charge in [-0.25, -0.2) is 0 Å². The van der Waals surface area contributed by atoms with Crippen molar-refractivity contribution < 1.29 is 26.2 Å². The normalized spacial score (nSPS) is 16.2. The summed E-state index contributed by atoms with van der Waals surface area (Å²) in [5.41, 5.74) is 3.25. The van der Waals surface area contributed by atoms with Gasteiger partial charge >= 0.3 is 26.2 Å². The summed E-state index contributed by atoms with van der Waals surface area (Å²) in [6, 6.07) is 10.2. The molecule has 0 bridgehead atoms. The number of allylic oxidation sites excluding steroid dienone is 3. The number of hydrogen-bond donors (Lipinski definition) is 0. The molecule has 2 aliphatic rings. The van der Waals surface area contributed by atoms with Crippen molar-refractivity contribution in [3.63, 3.8) is 0 Å². The van der Waals surface area contributed by atoms with Gasteiger partial charge in [-0.3, -0.25) is 0 Å². The van der Waals surface area contributed by atoms with Crippen molar-refractivity contribution >= 4 is 5.57 Å². The molecule has 0 N–H and O–H groups in total. The molecule has 0 atom stereocenters. The Bertz CT molecular complexity index is 411. The Balaban J connectivity index is 0.000000393. The van der Waals surface area contributed by atoms with E-state index in [2.05, 4.69) is 31.7 Å². The van der Waals surface area contributed by atoms with Crippen molar-refractivity contribution in [2.45, 2.75) is 77.6 Å². The Morgan fingerprint density at radius 1 is 0.875 bits per heavy atom. The summed E-state index contributed by atoms with van der Waals surface area (Å²) < 4.78 is 0. The van der Waals surface area contributed by atoms with E-state index in [1.165, 1.54) is 69.8 Å². The van der Waals surface area contributed by atoms with E-state index in [1.807, 2.05) is 25.1 Å². The van der Waals surface area contributed by atoms with Crippen molar-refractivity contribution in [3.8, 4) is 0 Å². The molecule has 3 rings (SSSR count). The van der Waals surface area contributed by atoms with Crippen LogP contribution in [0.1, 0.15) is 83.1 Å². The molecule has 0 nitrogen and oxygen atoms in total. The molecule has 0 unspecified atom stereocenters. The van der Waals surface area contributed by atoms with Crippen LogP contribution in [0.25, 0.3) is 5.57 Å². The van der Waals surface area contributed by atoms with Gasteiger partial charge in [-0.2, -0.15) is 30.2 Å². The SMILES string of the molecule is C1CCCC1.C1CCCC1.C=C(C)[C-]=C(C[CH2-])c1ccccc1.[Zr+4]. The second kappa shape index (κ2) is 16.1. The first-order valence-electron chi connectivity index (χ1n) is 9.37. The fourth-order valence-electron chi connectivity index (χ4n) is 2.94. The maximum atomic E-state index is 3.87. The third kappa shape index (κ3) is 12.0. The van der Waals surface area contributed by atoms with E-state index < -0.39 is 0 Å². The van der Waals surface area contributed by atoms with Crippen LogP contribution in [0.15, 0.2) is 42.5 Å². The van der Waals surface area contributed by atoms with Crippen molar-refractivity contribution in [1.29, 1.82) is 0 Å². The molecule has 0 aromatic heterocycles. The smallest absolute Gasteiger partial charge is 0.341 e. The summed E-state index contributed by atoms with van der Waals surface area (Å²) in [6.45, 7) is 9.63. The van der Waals surface area contributed by atoms with Crippen LogP contribution in [0.4, 0.5) is 0 Å². The second-order valence-corrected chi connectivity index (χ2v) is 6.54. The summed E-state index contributed by atoms with van der Waals surface area (Å²) in [6.07, 6.45) is 19.0. The van der Waals surface area contributed by atoms with E-state index in [0.717, 1.165) is 17.6 Å². The summed E-state index contributed by atoms with van der Waals surface area (Å²) in [7, 11) is 0. The van der Waals surface area contributed by atoms with Crippen LogP contribution in [0, 0.1) is 13.0 Å². The van der Waals surface area contributed by atoms with Crippen LogP contribution >= 0.6 is 0 Å². The molecule has 1 heteroatoms. The molecule has 0 amide bonds. The molecule has 0 spiro atoms. The molecule has 0 heterocycles. The van der Waals surface area contributed by atoms with Crippen molar-refractivity contribution in [2.75, 3.05) is 0 Å². The molecule has 2 fully saturated rings. The minimum Gasteiger partial charge on any atom is -0.341 e. The van der Waals surface area contributed by atoms with E-state index in [0.29, 0.717) is 0 Å². The maximum absolute atomic E-state index is 3.87. The van der Waals surface area contributed by atoms with Crippen LogP contribution in [-0.2, 0) is 26.2 Å². The van der Waals surface area contributed by atoms with E-state index >= 15 is 0 Å². The fourth-order valence-corrected chi connectivity index (χ4v) is 2.94. The van der Waals surface area contributed by atoms with Crippen LogP contribution in [-0.4, -0.2) is 0 Å². The molecule has 0 saturated heterocycles. The predicted molar refractivity (Wildman–Crippen MR) is 104 cm³/mol. The Kier molecular flexibility index (Phi) is 15.8. The largest absolute Gasteiger partial charge is 4.00 e. The zero-order valence-electron chi connectivity index (χ0n) is 15.6. The molecular formula is C23H34Zr+2. The minimum atomic E-state index is 0. The van der Waals surface area contributed by atoms with E-state index in [-0.39, 0.29) is 26.2 Å². The predicted octanol–water partition coefficient (Wildman–Crippen LogP) is 7.57. The molecule has 1 aromatic carbocycles. The third-order valence-electron chi connectivity index (χ3n) is 4.24. The number of rotatable bonds is 3. The summed E-state index contributed by atoms with van der Waals surface area (Å²) >= 11 is 0. The molecule has 2 saturated carbocycles. The fraction of sp³-hybridized carbons (Fsp3) is 0.522. The topological polar surface area (TPSA) is 0 Å². The van der Waals surface area contributed by atoms with Gasteiger partial charge in [0.05, 0.1) is 0 Å². The molecule has 2 aliphatic carbocycles. The molecule has 0 aliphatic heterocycles. The summed E-state index contributed by atoms with van der Waals surface area (Å²) in [5.74, 6) is 0. The van der Waals surface area contributed by atoms with Crippen LogP contribution < -0.4 is 0 Å². The Labute approximate surface area is 170 Å². The van der Waals surface area contributed by atoms with Gasteiger partial charge in [0.1, 0.15) is 0 Å². The van der Waals surface area contributed by atoms with Gasteiger partial charge in [0, 0.05) is 0 Å². The maximum Gasteiger partial charge on any atom is 4.00 e. The van der Waals surface area contributed by atoms with Gasteiger partial charge < -0.3 is 6.92 Å². The average Bonchev–Trinajstić information content (AvgIpc) is 3.31. The van der Waals surface area contributed by atoms with Gasteiger partial charge in [-0.1, -0.05) is 89.3 Å². The molecule has 1 aromatic rings. The standard InChI is InChI=1S/C13H14.2C5H10.Zr/c1-4-12(10-11(2)3)13-8-6-5-7-9-13;2*1-2-4-5-3-1;/h5-9H,1-2,4H2,3H3;2*1-5H2;/q-2;;;+4. The van der Waals surface area contributed by atoms with E-state index in [4.69, 9.17) is 0 Å². The zero-order valence-corrected chi connectivity index (χ0v) is 18.0. The Hall–Kier alpha value is -0.417.